The van der Waals surface area contributed by atoms with Crippen molar-refractivity contribution in [2.24, 2.45) is 0 Å². The second kappa shape index (κ2) is 6.34. The summed E-state index contributed by atoms with van der Waals surface area (Å²) in [7, 11) is 0. The molecule has 0 bridgehead atoms. The number of pyridine rings is 1. The van der Waals surface area contributed by atoms with Gasteiger partial charge >= 0.3 is 6.18 Å². The molecule has 0 spiro atoms. The van der Waals surface area contributed by atoms with Gasteiger partial charge < -0.3 is 5.32 Å². The van der Waals surface area contributed by atoms with E-state index in [-0.39, 0.29) is 6.04 Å². The van der Waals surface area contributed by atoms with E-state index in [1.54, 1.807) is 6.20 Å². The molecule has 2 rings (SSSR count). The molecule has 1 heterocycles. The molecule has 1 N–H and O–H groups in total. The summed E-state index contributed by atoms with van der Waals surface area (Å²) in [6.45, 7) is 0.758. The number of halogens is 3. The van der Waals surface area contributed by atoms with E-state index in [1.807, 2.05) is 18.2 Å². The van der Waals surface area contributed by atoms with Gasteiger partial charge in [0.15, 0.2) is 0 Å². The maximum Gasteiger partial charge on any atom is 0.401 e. The minimum absolute atomic E-state index is 0.123. The van der Waals surface area contributed by atoms with Crippen molar-refractivity contribution in [2.45, 2.75) is 31.6 Å². The Morgan fingerprint density at radius 2 is 2.11 bits per heavy atom. The zero-order valence-electron chi connectivity index (χ0n) is 10.7. The molecular formula is C13H18F3N3. The molecule has 1 aliphatic rings. The van der Waals surface area contributed by atoms with Gasteiger partial charge in [-0.15, -0.1) is 0 Å². The maximum atomic E-state index is 12.4. The lowest BCUT2D eigenvalue weighted by molar-refractivity contribution is -0.147. The van der Waals surface area contributed by atoms with E-state index in [4.69, 9.17) is 0 Å². The smallest absolute Gasteiger partial charge is 0.310 e. The highest BCUT2D eigenvalue weighted by Crippen LogP contribution is 2.29. The van der Waals surface area contributed by atoms with Crippen LogP contribution in [0.4, 0.5) is 13.2 Å². The first-order chi connectivity index (χ1) is 9.04. The number of alkyl halides is 3. The second-order valence-corrected chi connectivity index (χ2v) is 4.81. The average Bonchev–Trinajstić information content (AvgIpc) is 3.17. The Labute approximate surface area is 110 Å². The molecule has 1 saturated carbocycles. The van der Waals surface area contributed by atoms with Crippen LogP contribution in [0.1, 0.15) is 18.5 Å². The summed E-state index contributed by atoms with van der Waals surface area (Å²) >= 11 is 0. The molecule has 106 valence electrons. The van der Waals surface area contributed by atoms with Crippen molar-refractivity contribution in [1.82, 2.24) is 15.2 Å². The van der Waals surface area contributed by atoms with Crippen LogP contribution in [0.3, 0.4) is 0 Å². The molecule has 0 unspecified atom stereocenters. The fraction of sp³-hybridized carbons (Fsp3) is 0.615. The highest BCUT2D eigenvalue weighted by atomic mass is 19.4. The monoisotopic (exact) mass is 273 g/mol. The van der Waals surface area contributed by atoms with Crippen LogP contribution in [0.5, 0.6) is 0 Å². The van der Waals surface area contributed by atoms with Crippen molar-refractivity contribution in [3.63, 3.8) is 0 Å². The molecule has 0 aliphatic heterocycles. The van der Waals surface area contributed by atoms with Crippen LogP contribution >= 0.6 is 0 Å². The molecule has 1 aliphatic carbocycles. The van der Waals surface area contributed by atoms with Crippen molar-refractivity contribution in [2.75, 3.05) is 19.6 Å². The maximum absolute atomic E-state index is 12.4. The lowest BCUT2D eigenvalue weighted by Gasteiger charge is -2.23. The third-order valence-electron chi connectivity index (χ3n) is 3.05. The number of hydrogen-bond donors (Lipinski definition) is 1. The van der Waals surface area contributed by atoms with E-state index in [1.165, 1.54) is 4.90 Å². The van der Waals surface area contributed by atoms with Crippen molar-refractivity contribution >= 4 is 0 Å². The topological polar surface area (TPSA) is 28.2 Å². The highest BCUT2D eigenvalue weighted by Gasteiger charge is 2.37. The van der Waals surface area contributed by atoms with Gasteiger partial charge in [-0.05, 0) is 25.0 Å². The fourth-order valence-corrected chi connectivity index (χ4v) is 2.00. The SMILES string of the molecule is FC(F)(F)CN(CCNCc1ccccn1)C1CC1. The quantitative estimate of drug-likeness (QED) is 0.772. The van der Waals surface area contributed by atoms with E-state index in [2.05, 4.69) is 10.3 Å². The Balaban J connectivity index is 1.68. The first kappa shape index (κ1) is 14.3. The summed E-state index contributed by atoms with van der Waals surface area (Å²) in [6, 6.07) is 5.74. The Bertz CT molecular complexity index is 376. The fourth-order valence-electron chi connectivity index (χ4n) is 2.00. The lowest BCUT2D eigenvalue weighted by Crippen LogP contribution is -2.40. The van der Waals surface area contributed by atoms with Crippen LogP contribution in [-0.2, 0) is 6.54 Å². The van der Waals surface area contributed by atoms with Crippen LogP contribution in [-0.4, -0.2) is 41.7 Å². The normalized spacial score (nSPS) is 16.0. The van der Waals surface area contributed by atoms with Gasteiger partial charge in [0.2, 0.25) is 0 Å². The second-order valence-electron chi connectivity index (χ2n) is 4.81. The van der Waals surface area contributed by atoms with Crippen molar-refractivity contribution in [1.29, 1.82) is 0 Å². The summed E-state index contributed by atoms with van der Waals surface area (Å²) in [5, 5.41) is 3.13. The summed E-state index contributed by atoms with van der Waals surface area (Å²) in [4.78, 5) is 5.67. The molecule has 1 aromatic rings. The Kier molecular flexibility index (Phi) is 4.76. The zero-order valence-corrected chi connectivity index (χ0v) is 10.7. The molecule has 0 amide bonds. The van der Waals surface area contributed by atoms with E-state index < -0.39 is 12.7 Å². The van der Waals surface area contributed by atoms with Gasteiger partial charge in [-0.2, -0.15) is 13.2 Å². The Hall–Kier alpha value is -1.14. The Morgan fingerprint density at radius 3 is 2.68 bits per heavy atom. The Morgan fingerprint density at radius 1 is 1.32 bits per heavy atom. The van der Waals surface area contributed by atoms with Crippen LogP contribution in [0.15, 0.2) is 24.4 Å². The minimum Gasteiger partial charge on any atom is -0.310 e. The first-order valence-corrected chi connectivity index (χ1v) is 6.46. The molecule has 0 atom stereocenters. The van der Waals surface area contributed by atoms with Gasteiger partial charge in [-0.3, -0.25) is 9.88 Å². The molecule has 0 radical (unpaired) electrons. The van der Waals surface area contributed by atoms with Gasteiger partial charge in [0.25, 0.3) is 0 Å². The lowest BCUT2D eigenvalue weighted by atomic mass is 10.3. The highest BCUT2D eigenvalue weighted by molar-refractivity contribution is 5.02. The summed E-state index contributed by atoms with van der Waals surface area (Å²) in [6.07, 6.45) is -0.632. The zero-order chi connectivity index (χ0) is 13.7. The third kappa shape index (κ3) is 5.57. The number of nitrogens with zero attached hydrogens (tertiary/aromatic N) is 2. The largest absolute Gasteiger partial charge is 0.401 e. The minimum atomic E-state index is -4.11. The summed E-state index contributed by atoms with van der Waals surface area (Å²) in [5.41, 5.74) is 0.899. The van der Waals surface area contributed by atoms with Crippen LogP contribution in [0, 0.1) is 0 Å². The molecule has 1 aromatic heterocycles. The number of rotatable bonds is 7. The van der Waals surface area contributed by atoms with Gasteiger partial charge in [0.1, 0.15) is 0 Å². The molecule has 19 heavy (non-hydrogen) atoms. The van der Waals surface area contributed by atoms with Crippen LogP contribution < -0.4 is 5.32 Å². The van der Waals surface area contributed by atoms with Crippen LogP contribution in [0.25, 0.3) is 0 Å². The summed E-state index contributed by atoms with van der Waals surface area (Å²) in [5.74, 6) is 0. The predicted octanol–water partition coefficient (Wildman–Crippen LogP) is 2.20. The van der Waals surface area contributed by atoms with Crippen molar-refractivity contribution in [3.8, 4) is 0 Å². The standard InChI is InChI=1S/C13H18F3N3/c14-13(15,16)10-19(12-4-5-12)8-7-17-9-11-3-1-2-6-18-11/h1-3,6,12,17H,4-5,7-10H2. The number of hydrogen-bond acceptors (Lipinski definition) is 3. The molecule has 3 nitrogen and oxygen atoms in total. The molecule has 6 heteroatoms. The van der Waals surface area contributed by atoms with Crippen molar-refractivity contribution in [3.05, 3.63) is 30.1 Å². The third-order valence-corrected chi connectivity index (χ3v) is 3.05. The van der Waals surface area contributed by atoms with Gasteiger partial charge in [0.05, 0.1) is 12.2 Å². The molecule has 1 fully saturated rings. The molecular weight excluding hydrogens is 255 g/mol. The molecule has 0 aromatic carbocycles. The predicted molar refractivity (Wildman–Crippen MR) is 66.6 cm³/mol. The van der Waals surface area contributed by atoms with E-state index in [0.29, 0.717) is 19.6 Å². The van der Waals surface area contributed by atoms with E-state index >= 15 is 0 Å². The van der Waals surface area contributed by atoms with Crippen LogP contribution in [0.2, 0.25) is 0 Å². The summed E-state index contributed by atoms with van der Waals surface area (Å²) < 4.78 is 37.2. The molecule has 0 saturated heterocycles. The van der Waals surface area contributed by atoms with Gasteiger partial charge in [-0.25, -0.2) is 0 Å². The first-order valence-electron chi connectivity index (χ1n) is 6.46. The number of aromatic nitrogens is 1. The van der Waals surface area contributed by atoms with E-state index in [0.717, 1.165) is 18.5 Å². The number of nitrogens with one attached hydrogen (secondary N) is 1. The van der Waals surface area contributed by atoms with E-state index in [9.17, 15) is 13.2 Å². The van der Waals surface area contributed by atoms with Gasteiger partial charge in [-0.1, -0.05) is 6.07 Å². The average molecular weight is 273 g/mol. The van der Waals surface area contributed by atoms with Gasteiger partial charge in [0, 0.05) is 31.9 Å². The van der Waals surface area contributed by atoms with Crippen molar-refractivity contribution < 1.29 is 13.2 Å².